The van der Waals surface area contributed by atoms with Gasteiger partial charge in [0.2, 0.25) is 11.8 Å². The fourth-order valence-electron chi connectivity index (χ4n) is 3.81. The van der Waals surface area contributed by atoms with Crippen LogP contribution in [-0.4, -0.2) is 50.2 Å². The van der Waals surface area contributed by atoms with Gasteiger partial charge in [0.1, 0.15) is 0 Å². The summed E-state index contributed by atoms with van der Waals surface area (Å²) in [6.45, 7) is 3.45. The minimum atomic E-state index is -0.215. The number of benzene rings is 1. The molecule has 0 radical (unpaired) electrons. The highest BCUT2D eigenvalue weighted by atomic mass is 16.5. The summed E-state index contributed by atoms with van der Waals surface area (Å²) >= 11 is 0. The quantitative estimate of drug-likeness (QED) is 0.772. The number of piperidine rings is 1. The minimum Gasteiger partial charge on any atom is -0.378 e. The maximum atomic E-state index is 12.0. The number of amides is 2. The van der Waals surface area contributed by atoms with Crippen molar-refractivity contribution >= 4 is 17.5 Å². The molecule has 1 aromatic rings. The molecule has 122 valence electrons. The molecule has 6 nitrogen and oxygen atoms in total. The largest absolute Gasteiger partial charge is 0.378 e. The lowest BCUT2D eigenvalue weighted by molar-refractivity contribution is -0.134. The van der Waals surface area contributed by atoms with Crippen LogP contribution in [0.5, 0.6) is 0 Å². The predicted octanol–water partition coefficient (Wildman–Crippen LogP) is 0.384. The lowest BCUT2D eigenvalue weighted by Crippen LogP contribution is -2.57. The lowest BCUT2D eigenvalue weighted by atomic mass is 9.90. The van der Waals surface area contributed by atoms with Gasteiger partial charge >= 0.3 is 0 Å². The summed E-state index contributed by atoms with van der Waals surface area (Å²) in [7, 11) is 0. The van der Waals surface area contributed by atoms with E-state index in [1.165, 1.54) is 5.69 Å². The molecule has 0 aliphatic carbocycles. The topological polar surface area (TPSA) is 70.7 Å². The number of fused-ring (bicyclic) bond motifs is 1. The second-order valence-electron chi connectivity index (χ2n) is 6.45. The van der Waals surface area contributed by atoms with Crippen LogP contribution in [0.25, 0.3) is 0 Å². The summed E-state index contributed by atoms with van der Waals surface area (Å²) in [5.74, 6) is -0.566. The molecule has 3 aliphatic heterocycles. The Morgan fingerprint density at radius 3 is 2.74 bits per heavy atom. The van der Waals surface area contributed by atoms with E-state index in [9.17, 15) is 9.59 Å². The molecule has 0 aromatic heterocycles. The molecule has 3 saturated heterocycles. The van der Waals surface area contributed by atoms with E-state index in [4.69, 9.17) is 4.74 Å². The summed E-state index contributed by atoms with van der Waals surface area (Å²) in [4.78, 5) is 25.6. The molecule has 3 heterocycles. The van der Waals surface area contributed by atoms with Crippen LogP contribution in [-0.2, 0) is 14.3 Å². The van der Waals surface area contributed by atoms with Gasteiger partial charge in [-0.3, -0.25) is 14.9 Å². The van der Waals surface area contributed by atoms with Gasteiger partial charge in [-0.2, -0.15) is 0 Å². The van der Waals surface area contributed by atoms with Gasteiger partial charge in [-0.05, 0) is 24.1 Å². The third-order valence-electron chi connectivity index (χ3n) is 5.08. The van der Waals surface area contributed by atoms with Crippen LogP contribution >= 0.6 is 0 Å². The molecule has 2 N–H and O–H groups in total. The van der Waals surface area contributed by atoms with E-state index in [1.807, 2.05) is 12.1 Å². The molecule has 3 fully saturated rings. The van der Waals surface area contributed by atoms with Gasteiger partial charge in [0.05, 0.1) is 31.2 Å². The van der Waals surface area contributed by atoms with Crippen LogP contribution in [0.4, 0.5) is 5.69 Å². The zero-order valence-corrected chi connectivity index (χ0v) is 13.0. The third-order valence-corrected chi connectivity index (χ3v) is 5.08. The SMILES string of the molecule is O=C1CCC(c2ccc(N3CCN[C@H]4COC[C@H]43)cc2)C(=O)N1. The van der Waals surface area contributed by atoms with E-state index < -0.39 is 0 Å². The molecule has 3 aliphatic rings. The highest BCUT2D eigenvalue weighted by Gasteiger charge is 2.36. The van der Waals surface area contributed by atoms with Gasteiger partial charge in [-0.15, -0.1) is 0 Å². The highest BCUT2D eigenvalue weighted by Crippen LogP contribution is 2.29. The number of hydrogen-bond acceptors (Lipinski definition) is 5. The van der Waals surface area contributed by atoms with E-state index >= 15 is 0 Å². The zero-order valence-electron chi connectivity index (χ0n) is 13.0. The van der Waals surface area contributed by atoms with Crippen molar-refractivity contribution in [2.75, 3.05) is 31.2 Å². The lowest BCUT2D eigenvalue weighted by Gasteiger charge is -2.39. The van der Waals surface area contributed by atoms with Crippen molar-refractivity contribution in [1.29, 1.82) is 0 Å². The summed E-state index contributed by atoms with van der Waals surface area (Å²) in [6, 6.07) is 8.98. The summed E-state index contributed by atoms with van der Waals surface area (Å²) < 4.78 is 5.60. The van der Waals surface area contributed by atoms with Crippen molar-refractivity contribution in [1.82, 2.24) is 10.6 Å². The van der Waals surface area contributed by atoms with E-state index in [0.717, 1.165) is 31.9 Å². The van der Waals surface area contributed by atoms with Crippen LogP contribution in [0.3, 0.4) is 0 Å². The van der Waals surface area contributed by atoms with Gasteiger partial charge in [-0.25, -0.2) is 0 Å². The summed E-state index contributed by atoms with van der Waals surface area (Å²) in [6.07, 6.45) is 1.01. The smallest absolute Gasteiger partial charge is 0.234 e. The average Bonchev–Trinajstić information content (AvgIpc) is 3.04. The normalized spacial score (nSPS) is 31.0. The number of carbonyl (C=O) groups excluding carboxylic acids is 2. The molecular weight excluding hydrogens is 294 g/mol. The Morgan fingerprint density at radius 1 is 1.13 bits per heavy atom. The number of rotatable bonds is 2. The van der Waals surface area contributed by atoms with Crippen LogP contribution in [0.2, 0.25) is 0 Å². The molecule has 4 rings (SSSR count). The Labute approximate surface area is 135 Å². The first kappa shape index (κ1) is 14.7. The Balaban J connectivity index is 1.51. The van der Waals surface area contributed by atoms with E-state index in [2.05, 4.69) is 27.7 Å². The molecule has 0 spiro atoms. The number of nitrogens with one attached hydrogen (secondary N) is 2. The molecule has 6 heteroatoms. The third kappa shape index (κ3) is 2.72. The maximum absolute atomic E-state index is 12.0. The minimum absolute atomic E-state index is 0.170. The number of nitrogens with zero attached hydrogens (tertiary/aromatic N) is 1. The number of hydrogen-bond donors (Lipinski definition) is 2. The number of anilines is 1. The Hall–Kier alpha value is -1.92. The molecule has 0 saturated carbocycles. The molecule has 1 aromatic carbocycles. The number of piperazine rings is 1. The molecular formula is C17H21N3O3. The Kier molecular flexibility index (Phi) is 3.79. The number of carbonyl (C=O) groups is 2. The van der Waals surface area contributed by atoms with Gasteiger partial charge in [-0.1, -0.05) is 12.1 Å². The first-order valence-corrected chi connectivity index (χ1v) is 8.24. The van der Waals surface area contributed by atoms with Crippen LogP contribution in [0.15, 0.2) is 24.3 Å². The summed E-state index contributed by atoms with van der Waals surface area (Å²) in [5, 5.41) is 5.93. The molecule has 3 atom stereocenters. The monoisotopic (exact) mass is 315 g/mol. The van der Waals surface area contributed by atoms with Crippen molar-refractivity contribution in [2.24, 2.45) is 0 Å². The van der Waals surface area contributed by atoms with Gasteiger partial charge < -0.3 is 15.0 Å². The van der Waals surface area contributed by atoms with Crippen molar-refractivity contribution in [2.45, 2.75) is 30.8 Å². The molecule has 1 unspecified atom stereocenters. The van der Waals surface area contributed by atoms with Crippen LogP contribution in [0, 0.1) is 0 Å². The summed E-state index contributed by atoms with van der Waals surface area (Å²) in [5.41, 5.74) is 2.15. The second-order valence-corrected chi connectivity index (χ2v) is 6.45. The van der Waals surface area contributed by atoms with E-state index in [0.29, 0.717) is 24.9 Å². The van der Waals surface area contributed by atoms with Crippen molar-refractivity contribution in [3.63, 3.8) is 0 Å². The maximum Gasteiger partial charge on any atom is 0.234 e. The van der Waals surface area contributed by atoms with Gasteiger partial charge in [0.25, 0.3) is 0 Å². The Bertz CT molecular complexity index is 616. The molecule has 0 bridgehead atoms. The fraction of sp³-hybridized carbons (Fsp3) is 0.529. The first-order valence-electron chi connectivity index (χ1n) is 8.24. The van der Waals surface area contributed by atoms with Crippen molar-refractivity contribution < 1.29 is 14.3 Å². The van der Waals surface area contributed by atoms with Gasteiger partial charge in [0.15, 0.2) is 0 Å². The first-order chi connectivity index (χ1) is 11.2. The van der Waals surface area contributed by atoms with Gasteiger partial charge in [0, 0.05) is 25.2 Å². The Morgan fingerprint density at radius 2 is 1.96 bits per heavy atom. The van der Waals surface area contributed by atoms with Crippen LogP contribution < -0.4 is 15.5 Å². The van der Waals surface area contributed by atoms with Crippen LogP contribution in [0.1, 0.15) is 24.3 Å². The second kappa shape index (κ2) is 5.94. The zero-order chi connectivity index (χ0) is 15.8. The van der Waals surface area contributed by atoms with Crippen molar-refractivity contribution in [3.05, 3.63) is 29.8 Å². The predicted molar refractivity (Wildman–Crippen MR) is 85.3 cm³/mol. The van der Waals surface area contributed by atoms with E-state index in [-0.39, 0.29) is 17.7 Å². The average molecular weight is 315 g/mol. The number of ether oxygens (including phenoxy) is 1. The molecule has 23 heavy (non-hydrogen) atoms. The van der Waals surface area contributed by atoms with Crippen molar-refractivity contribution in [3.8, 4) is 0 Å². The standard InChI is InChI=1S/C17H21N3O3/c21-16-6-5-13(17(22)19-16)11-1-3-12(4-2-11)20-8-7-18-14-9-23-10-15(14)20/h1-4,13-15,18H,5-10H2,(H,19,21,22)/t13?,14-,15+/m0/s1. The molecule has 2 amide bonds. The highest BCUT2D eigenvalue weighted by molar-refractivity contribution is 6.00. The fourth-order valence-corrected chi connectivity index (χ4v) is 3.81. The van der Waals surface area contributed by atoms with E-state index in [1.54, 1.807) is 0 Å². The number of imide groups is 1.